The van der Waals surface area contributed by atoms with Crippen LogP contribution in [0.15, 0.2) is 0 Å². The number of carbonyl (C=O) groups excluding carboxylic acids is 2. The van der Waals surface area contributed by atoms with E-state index in [9.17, 15) is 9.59 Å². The van der Waals surface area contributed by atoms with E-state index in [1.807, 2.05) is 0 Å². The van der Waals surface area contributed by atoms with E-state index in [1.54, 1.807) is 34.9 Å². The molecule has 0 unspecified atom stereocenters. The van der Waals surface area contributed by atoms with Gasteiger partial charge in [-0.25, -0.2) is 4.79 Å². The van der Waals surface area contributed by atoms with E-state index in [0.29, 0.717) is 11.9 Å². The fourth-order valence-corrected chi connectivity index (χ4v) is 0.870. The molecular formula is C8H16N2O3S. The highest BCUT2D eigenvalue weighted by Gasteiger charge is 2.17. The molecule has 0 rings (SSSR count). The Bertz CT molecular complexity index is 223. The molecule has 0 aliphatic rings. The number of carbonyl (C=O) groups is 2. The molecule has 0 aliphatic carbocycles. The number of amides is 2. The van der Waals surface area contributed by atoms with E-state index in [2.05, 4.69) is 4.72 Å². The normalized spacial score (nSPS) is 10.6. The second kappa shape index (κ2) is 5.09. The van der Waals surface area contributed by atoms with Crippen LogP contribution in [-0.4, -0.2) is 35.9 Å². The van der Waals surface area contributed by atoms with Gasteiger partial charge in [0.1, 0.15) is 5.60 Å². The maximum atomic E-state index is 11.1. The maximum Gasteiger partial charge on any atom is 0.418 e. The van der Waals surface area contributed by atoms with Crippen LogP contribution in [0.25, 0.3) is 0 Å². The molecule has 0 saturated heterocycles. The maximum absolute atomic E-state index is 11.1. The number of nitrogens with one attached hydrogen (secondary N) is 1. The molecule has 0 aromatic carbocycles. The van der Waals surface area contributed by atoms with Crippen molar-refractivity contribution in [1.29, 1.82) is 0 Å². The largest absolute Gasteiger partial charge is 0.443 e. The fourth-order valence-electron chi connectivity index (χ4n) is 0.476. The van der Waals surface area contributed by atoms with Crippen molar-refractivity contribution in [3.63, 3.8) is 0 Å². The summed E-state index contributed by atoms with van der Waals surface area (Å²) in [6, 6.07) is 0. The summed E-state index contributed by atoms with van der Waals surface area (Å²) in [6.45, 7) is 5.26. The third kappa shape index (κ3) is 6.59. The number of ether oxygens (including phenoxy) is 1. The van der Waals surface area contributed by atoms with Crippen molar-refractivity contribution in [2.75, 3.05) is 14.1 Å². The minimum absolute atomic E-state index is 0.254. The van der Waals surface area contributed by atoms with Crippen LogP contribution in [0.3, 0.4) is 0 Å². The first-order chi connectivity index (χ1) is 6.22. The van der Waals surface area contributed by atoms with E-state index >= 15 is 0 Å². The fraction of sp³-hybridized carbons (Fsp3) is 0.750. The number of rotatable bonds is 0. The van der Waals surface area contributed by atoms with Gasteiger partial charge in [0.25, 0.3) is 0 Å². The van der Waals surface area contributed by atoms with Crippen LogP contribution >= 0.6 is 11.9 Å². The lowest BCUT2D eigenvalue weighted by molar-refractivity contribution is 0.0574. The van der Waals surface area contributed by atoms with Gasteiger partial charge < -0.3 is 9.64 Å². The predicted molar refractivity (Wildman–Crippen MR) is 56.0 cm³/mol. The van der Waals surface area contributed by atoms with Gasteiger partial charge in [-0.3, -0.25) is 9.52 Å². The van der Waals surface area contributed by atoms with Crippen LogP contribution in [0.2, 0.25) is 0 Å². The molecule has 1 N–H and O–H groups in total. The van der Waals surface area contributed by atoms with Gasteiger partial charge in [0, 0.05) is 14.1 Å². The lowest BCUT2D eigenvalue weighted by Crippen LogP contribution is -2.31. The lowest BCUT2D eigenvalue weighted by Gasteiger charge is -2.19. The highest BCUT2D eigenvalue weighted by Crippen LogP contribution is 2.08. The molecule has 14 heavy (non-hydrogen) atoms. The third-order valence-corrected chi connectivity index (χ3v) is 1.79. The molecule has 0 atom stereocenters. The molecular weight excluding hydrogens is 204 g/mol. The summed E-state index contributed by atoms with van der Waals surface area (Å²) in [4.78, 5) is 23.5. The van der Waals surface area contributed by atoms with Crippen molar-refractivity contribution in [3.05, 3.63) is 0 Å². The van der Waals surface area contributed by atoms with Crippen LogP contribution in [0, 0.1) is 0 Å². The third-order valence-electron chi connectivity index (χ3n) is 0.986. The van der Waals surface area contributed by atoms with E-state index < -0.39 is 11.7 Å². The first-order valence-electron chi connectivity index (χ1n) is 4.09. The minimum Gasteiger partial charge on any atom is -0.443 e. The molecule has 0 aliphatic heterocycles. The Morgan fingerprint density at radius 2 is 1.79 bits per heavy atom. The zero-order valence-electron chi connectivity index (χ0n) is 9.08. The van der Waals surface area contributed by atoms with Crippen LogP contribution in [0.1, 0.15) is 20.8 Å². The molecule has 0 fully saturated rings. The zero-order chi connectivity index (χ0) is 11.4. The van der Waals surface area contributed by atoms with Crippen molar-refractivity contribution < 1.29 is 14.3 Å². The average molecular weight is 220 g/mol. The van der Waals surface area contributed by atoms with Gasteiger partial charge in [0.2, 0.25) is 0 Å². The van der Waals surface area contributed by atoms with Crippen molar-refractivity contribution in [2.24, 2.45) is 0 Å². The Morgan fingerprint density at radius 1 is 1.29 bits per heavy atom. The molecule has 0 radical (unpaired) electrons. The van der Waals surface area contributed by atoms with Crippen molar-refractivity contribution in [2.45, 2.75) is 26.4 Å². The molecule has 2 amide bonds. The van der Waals surface area contributed by atoms with E-state index in [-0.39, 0.29) is 5.24 Å². The van der Waals surface area contributed by atoms with E-state index in [1.165, 1.54) is 4.90 Å². The summed E-state index contributed by atoms with van der Waals surface area (Å²) in [7, 11) is 3.21. The van der Waals surface area contributed by atoms with Crippen molar-refractivity contribution in [1.82, 2.24) is 9.62 Å². The second-order valence-electron chi connectivity index (χ2n) is 3.87. The quantitative estimate of drug-likeness (QED) is 0.633. The van der Waals surface area contributed by atoms with E-state index in [4.69, 9.17) is 4.74 Å². The smallest absolute Gasteiger partial charge is 0.418 e. The number of hydrogen-bond donors (Lipinski definition) is 1. The van der Waals surface area contributed by atoms with Crippen LogP contribution in [-0.2, 0) is 4.74 Å². The number of hydrogen-bond acceptors (Lipinski definition) is 4. The first-order valence-corrected chi connectivity index (χ1v) is 4.91. The van der Waals surface area contributed by atoms with Gasteiger partial charge in [-0.05, 0) is 20.8 Å². The highest BCUT2D eigenvalue weighted by molar-refractivity contribution is 8.12. The summed E-state index contributed by atoms with van der Waals surface area (Å²) in [6.07, 6.45) is -0.613. The molecule has 0 aromatic rings. The van der Waals surface area contributed by atoms with Gasteiger partial charge >= 0.3 is 11.3 Å². The Kier molecular flexibility index (Phi) is 4.76. The Balaban J connectivity index is 3.81. The van der Waals surface area contributed by atoms with Gasteiger partial charge in [-0.2, -0.15) is 0 Å². The Labute approximate surface area is 88.3 Å². The molecule has 0 aromatic heterocycles. The predicted octanol–water partition coefficient (Wildman–Crippen LogP) is 1.84. The molecule has 0 bridgehead atoms. The van der Waals surface area contributed by atoms with Crippen LogP contribution < -0.4 is 4.72 Å². The monoisotopic (exact) mass is 220 g/mol. The van der Waals surface area contributed by atoms with Crippen molar-refractivity contribution >= 4 is 23.3 Å². The highest BCUT2D eigenvalue weighted by atomic mass is 32.2. The molecule has 0 spiro atoms. The summed E-state index contributed by atoms with van der Waals surface area (Å²) in [5.74, 6) is 0. The van der Waals surface area contributed by atoms with E-state index in [0.717, 1.165) is 0 Å². The average Bonchev–Trinajstić information content (AvgIpc) is 1.96. The van der Waals surface area contributed by atoms with Crippen molar-refractivity contribution in [3.8, 4) is 0 Å². The van der Waals surface area contributed by atoms with Gasteiger partial charge in [-0.15, -0.1) is 0 Å². The first kappa shape index (κ1) is 13.1. The Morgan fingerprint density at radius 3 is 2.14 bits per heavy atom. The van der Waals surface area contributed by atoms with Gasteiger partial charge in [-0.1, -0.05) is 0 Å². The van der Waals surface area contributed by atoms with Crippen LogP contribution in [0.5, 0.6) is 0 Å². The zero-order valence-corrected chi connectivity index (χ0v) is 9.90. The Hall–Kier alpha value is -0.910. The van der Waals surface area contributed by atoms with Gasteiger partial charge in [0.15, 0.2) is 0 Å². The second-order valence-corrected chi connectivity index (χ2v) is 4.62. The molecule has 5 nitrogen and oxygen atoms in total. The number of nitrogens with zero attached hydrogens (tertiary/aromatic N) is 1. The summed E-state index contributed by atoms with van der Waals surface area (Å²) < 4.78 is 7.21. The van der Waals surface area contributed by atoms with Crippen LogP contribution in [0.4, 0.5) is 9.59 Å². The standard InChI is InChI=1S/C8H16N2O3S/c1-8(2,3)13-6(11)9-14-7(12)10(4)5/h1-5H3,(H,9,11). The summed E-state index contributed by atoms with van der Waals surface area (Å²) >= 11 is 0.696. The molecule has 6 heteroatoms. The summed E-state index contributed by atoms with van der Waals surface area (Å²) in [5, 5.41) is -0.254. The molecule has 82 valence electrons. The van der Waals surface area contributed by atoms with Gasteiger partial charge in [0.05, 0.1) is 11.9 Å². The molecule has 0 heterocycles. The summed E-state index contributed by atoms with van der Waals surface area (Å²) in [5.41, 5.74) is -0.550. The lowest BCUT2D eigenvalue weighted by atomic mass is 10.2. The minimum atomic E-state index is -0.613. The SMILES string of the molecule is CN(C)C(=O)SNC(=O)OC(C)(C)C. The topological polar surface area (TPSA) is 58.6 Å². The molecule has 0 saturated carbocycles.